The molecule has 0 heterocycles. The summed E-state index contributed by atoms with van der Waals surface area (Å²) in [5.41, 5.74) is 0.588. The highest BCUT2D eigenvalue weighted by Gasteiger charge is 1.95. The van der Waals surface area contributed by atoms with E-state index in [4.69, 9.17) is 0 Å². The van der Waals surface area contributed by atoms with Gasteiger partial charge < -0.3 is 5.32 Å². The van der Waals surface area contributed by atoms with Gasteiger partial charge in [-0.05, 0) is 6.08 Å². The van der Waals surface area contributed by atoms with E-state index in [0.29, 0.717) is 5.70 Å². The second kappa shape index (κ2) is 3.89. The predicted octanol–water partition coefficient (Wildman–Crippen LogP) is 0.865. The molecule has 2 nitrogen and oxygen atoms in total. The van der Waals surface area contributed by atoms with Gasteiger partial charge in [0.2, 0.25) is 0 Å². The van der Waals surface area contributed by atoms with Crippen LogP contribution in [0.4, 0.5) is 0 Å². The van der Waals surface area contributed by atoms with E-state index in [1.54, 1.807) is 19.2 Å². The third-order valence-corrected chi connectivity index (χ3v) is 0.933. The molecular formula is C7H11NO. The van der Waals surface area contributed by atoms with E-state index in [1.807, 2.05) is 0 Å². The summed E-state index contributed by atoms with van der Waals surface area (Å²) in [7, 11) is 1.71. The summed E-state index contributed by atoms with van der Waals surface area (Å²) in [6, 6.07) is 0. The standard InChI is InChI=1S/C7H11NO/c1-4-5-7(8-3)6(2)9/h4-5,8H,1H2,2-3H3/b7-5+. The molecule has 0 spiro atoms. The van der Waals surface area contributed by atoms with Crippen molar-refractivity contribution in [2.24, 2.45) is 0 Å². The Morgan fingerprint density at radius 3 is 2.33 bits per heavy atom. The van der Waals surface area contributed by atoms with Gasteiger partial charge in [0.05, 0.1) is 5.70 Å². The molecular weight excluding hydrogens is 114 g/mol. The Labute approximate surface area is 55.3 Å². The van der Waals surface area contributed by atoms with Crippen molar-refractivity contribution in [2.75, 3.05) is 7.05 Å². The normalized spacial score (nSPS) is 10.7. The molecule has 0 atom stereocenters. The smallest absolute Gasteiger partial charge is 0.175 e. The Bertz CT molecular complexity index is 147. The molecule has 0 rings (SSSR count). The van der Waals surface area contributed by atoms with Gasteiger partial charge in [0.15, 0.2) is 5.78 Å². The lowest BCUT2D eigenvalue weighted by molar-refractivity contribution is -0.113. The fraction of sp³-hybridized carbons (Fsp3) is 0.286. The molecule has 0 amide bonds. The van der Waals surface area contributed by atoms with Crippen molar-refractivity contribution in [3.05, 3.63) is 24.4 Å². The molecule has 50 valence electrons. The Morgan fingerprint density at radius 2 is 2.22 bits per heavy atom. The fourth-order valence-electron chi connectivity index (χ4n) is 0.495. The van der Waals surface area contributed by atoms with Gasteiger partial charge in [-0.25, -0.2) is 0 Å². The summed E-state index contributed by atoms with van der Waals surface area (Å²) in [5, 5.41) is 2.74. The lowest BCUT2D eigenvalue weighted by atomic mass is 10.3. The number of ketones is 1. The van der Waals surface area contributed by atoms with Crippen molar-refractivity contribution < 1.29 is 4.79 Å². The maximum absolute atomic E-state index is 10.6. The van der Waals surface area contributed by atoms with Gasteiger partial charge in [0.1, 0.15) is 0 Å². The van der Waals surface area contributed by atoms with Crippen LogP contribution in [0.2, 0.25) is 0 Å². The van der Waals surface area contributed by atoms with E-state index >= 15 is 0 Å². The maximum Gasteiger partial charge on any atom is 0.175 e. The first-order valence-corrected chi connectivity index (χ1v) is 2.73. The molecule has 0 saturated carbocycles. The average molecular weight is 125 g/mol. The summed E-state index contributed by atoms with van der Waals surface area (Å²) in [5.74, 6) is 0.0254. The number of nitrogens with one attached hydrogen (secondary N) is 1. The van der Waals surface area contributed by atoms with E-state index in [9.17, 15) is 4.79 Å². The topological polar surface area (TPSA) is 29.1 Å². The van der Waals surface area contributed by atoms with E-state index in [1.165, 1.54) is 6.92 Å². The van der Waals surface area contributed by atoms with Gasteiger partial charge in [-0.3, -0.25) is 4.79 Å². The number of likely N-dealkylation sites (N-methyl/N-ethyl adjacent to an activating group) is 1. The minimum absolute atomic E-state index is 0.0254. The third-order valence-electron chi connectivity index (χ3n) is 0.933. The van der Waals surface area contributed by atoms with Crippen LogP contribution in [-0.4, -0.2) is 12.8 Å². The number of hydrogen-bond donors (Lipinski definition) is 1. The van der Waals surface area contributed by atoms with Crippen LogP contribution >= 0.6 is 0 Å². The number of rotatable bonds is 3. The second-order valence-corrected chi connectivity index (χ2v) is 1.62. The van der Waals surface area contributed by atoms with Crippen molar-refractivity contribution in [1.29, 1.82) is 0 Å². The van der Waals surface area contributed by atoms with Gasteiger partial charge in [-0.15, -0.1) is 0 Å². The zero-order chi connectivity index (χ0) is 7.28. The van der Waals surface area contributed by atoms with Crippen LogP contribution < -0.4 is 5.32 Å². The van der Waals surface area contributed by atoms with Crippen molar-refractivity contribution >= 4 is 5.78 Å². The molecule has 0 fully saturated rings. The number of carbonyl (C=O) groups is 1. The molecule has 0 aliphatic heterocycles. The molecule has 0 aliphatic carbocycles. The number of Topliss-reactive ketones (excluding diaryl/α,β-unsaturated/α-hetero) is 1. The van der Waals surface area contributed by atoms with E-state index in [2.05, 4.69) is 11.9 Å². The summed E-state index contributed by atoms with van der Waals surface area (Å²) in [6.45, 7) is 4.97. The molecule has 0 aliphatic rings. The van der Waals surface area contributed by atoms with Crippen molar-refractivity contribution in [3.63, 3.8) is 0 Å². The summed E-state index contributed by atoms with van der Waals surface area (Å²) >= 11 is 0. The van der Waals surface area contributed by atoms with E-state index in [0.717, 1.165) is 0 Å². The average Bonchev–Trinajstić information content (AvgIpc) is 1.82. The maximum atomic E-state index is 10.6. The Balaban J connectivity index is 4.14. The molecule has 0 aromatic carbocycles. The van der Waals surface area contributed by atoms with Crippen LogP contribution in [0.3, 0.4) is 0 Å². The van der Waals surface area contributed by atoms with Crippen molar-refractivity contribution in [3.8, 4) is 0 Å². The van der Waals surface area contributed by atoms with Gasteiger partial charge in [0, 0.05) is 14.0 Å². The number of carbonyl (C=O) groups excluding carboxylic acids is 1. The first-order chi connectivity index (χ1) is 4.22. The molecule has 9 heavy (non-hydrogen) atoms. The molecule has 1 N–H and O–H groups in total. The van der Waals surface area contributed by atoms with Crippen LogP contribution in [0.15, 0.2) is 24.4 Å². The quantitative estimate of drug-likeness (QED) is 0.448. The minimum Gasteiger partial charge on any atom is -0.385 e. The SMILES string of the molecule is C=C/C=C(/NC)C(C)=O. The van der Waals surface area contributed by atoms with Crippen LogP contribution in [-0.2, 0) is 4.79 Å². The second-order valence-electron chi connectivity index (χ2n) is 1.62. The highest BCUT2D eigenvalue weighted by molar-refractivity contribution is 5.92. The molecule has 0 radical (unpaired) electrons. The Kier molecular flexibility index (Phi) is 3.44. The van der Waals surface area contributed by atoms with E-state index < -0.39 is 0 Å². The zero-order valence-corrected chi connectivity index (χ0v) is 5.77. The Morgan fingerprint density at radius 1 is 1.67 bits per heavy atom. The van der Waals surface area contributed by atoms with Gasteiger partial charge >= 0.3 is 0 Å². The first kappa shape index (κ1) is 7.95. The minimum atomic E-state index is 0.0254. The summed E-state index contributed by atoms with van der Waals surface area (Å²) < 4.78 is 0. The first-order valence-electron chi connectivity index (χ1n) is 2.73. The van der Waals surface area contributed by atoms with Crippen molar-refractivity contribution in [2.45, 2.75) is 6.92 Å². The fourth-order valence-corrected chi connectivity index (χ4v) is 0.495. The lowest BCUT2D eigenvalue weighted by Crippen LogP contribution is -2.12. The highest BCUT2D eigenvalue weighted by Crippen LogP contribution is 1.88. The molecule has 0 bridgehead atoms. The molecule has 0 unspecified atom stereocenters. The van der Waals surface area contributed by atoms with Crippen LogP contribution in [0.1, 0.15) is 6.92 Å². The predicted molar refractivity (Wildman–Crippen MR) is 38.0 cm³/mol. The van der Waals surface area contributed by atoms with Crippen molar-refractivity contribution in [1.82, 2.24) is 5.32 Å². The third kappa shape index (κ3) is 2.69. The highest BCUT2D eigenvalue weighted by atomic mass is 16.1. The summed E-state index contributed by atoms with van der Waals surface area (Å²) in [6.07, 6.45) is 3.22. The van der Waals surface area contributed by atoms with Gasteiger partial charge in [0.25, 0.3) is 0 Å². The van der Waals surface area contributed by atoms with E-state index in [-0.39, 0.29) is 5.78 Å². The van der Waals surface area contributed by atoms with Gasteiger partial charge in [-0.2, -0.15) is 0 Å². The largest absolute Gasteiger partial charge is 0.385 e. The number of allylic oxidation sites excluding steroid dienone is 3. The van der Waals surface area contributed by atoms with Crippen LogP contribution in [0.5, 0.6) is 0 Å². The molecule has 2 heteroatoms. The molecule has 0 aromatic heterocycles. The Hall–Kier alpha value is -1.05. The summed E-state index contributed by atoms with van der Waals surface area (Å²) in [4.78, 5) is 10.6. The zero-order valence-electron chi connectivity index (χ0n) is 5.77. The molecule has 0 saturated heterocycles. The lowest BCUT2D eigenvalue weighted by Gasteiger charge is -1.97. The molecule has 0 aromatic rings. The van der Waals surface area contributed by atoms with Crippen LogP contribution in [0.25, 0.3) is 0 Å². The number of hydrogen-bond acceptors (Lipinski definition) is 2. The van der Waals surface area contributed by atoms with Crippen LogP contribution in [0, 0.1) is 0 Å². The monoisotopic (exact) mass is 125 g/mol. The van der Waals surface area contributed by atoms with Gasteiger partial charge in [-0.1, -0.05) is 12.7 Å².